The molecule has 0 N–H and O–H groups in total. The van der Waals surface area contributed by atoms with Gasteiger partial charge in [0, 0.05) is 18.2 Å². The summed E-state index contributed by atoms with van der Waals surface area (Å²) in [4.78, 5) is 22.1. The molecule has 0 fully saturated rings. The molecular formula is C17H15NO4. The van der Waals surface area contributed by atoms with Gasteiger partial charge in [0.2, 0.25) is 0 Å². The number of nitrogens with zero attached hydrogens (tertiary/aromatic N) is 1. The first-order valence-electron chi connectivity index (χ1n) is 6.68. The van der Waals surface area contributed by atoms with E-state index in [1.807, 2.05) is 32.0 Å². The number of hydrogen-bond acceptors (Lipinski definition) is 4. The van der Waals surface area contributed by atoms with Crippen LogP contribution in [0, 0.1) is 24.0 Å². The Labute approximate surface area is 128 Å². The van der Waals surface area contributed by atoms with Crippen molar-refractivity contribution in [2.24, 2.45) is 0 Å². The van der Waals surface area contributed by atoms with E-state index in [1.165, 1.54) is 24.3 Å². The molecule has 2 aromatic carbocycles. The number of para-hydroxylation sites is 1. The first kappa shape index (κ1) is 15.4. The Morgan fingerprint density at radius 2 is 1.77 bits per heavy atom. The highest BCUT2D eigenvalue weighted by molar-refractivity contribution is 5.89. The minimum atomic E-state index is -0.524. The van der Waals surface area contributed by atoms with Crippen LogP contribution in [0.5, 0.6) is 5.75 Å². The average Bonchev–Trinajstić information content (AvgIpc) is 2.49. The molecule has 0 bridgehead atoms. The smallest absolute Gasteiger partial charge is 0.336 e. The summed E-state index contributed by atoms with van der Waals surface area (Å²) < 4.78 is 5.32. The molecule has 0 saturated carbocycles. The van der Waals surface area contributed by atoms with E-state index in [1.54, 1.807) is 12.1 Å². The largest absolute Gasteiger partial charge is 0.423 e. The van der Waals surface area contributed by atoms with Gasteiger partial charge in [0.1, 0.15) is 5.75 Å². The van der Waals surface area contributed by atoms with Gasteiger partial charge < -0.3 is 4.74 Å². The van der Waals surface area contributed by atoms with Crippen LogP contribution in [0.1, 0.15) is 16.7 Å². The Kier molecular flexibility index (Phi) is 4.68. The quantitative estimate of drug-likeness (QED) is 0.283. The number of aryl methyl sites for hydroxylation is 2. The maximum atomic E-state index is 11.9. The van der Waals surface area contributed by atoms with Gasteiger partial charge in [0.15, 0.2) is 0 Å². The molecule has 5 heteroatoms. The van der Waals surface area contributed by atoms with Crippen molar-refractivity contribution >= 4 is 17.7 Å². The van der Waals surface area contributed by atoms with Crippen LogP contribution in [0.15, 0.2) is 48.5 Å². The number of esters is 1. The number of nitro benzene ring substituents is 1. The van der Waals surface area contributed by atoms with Gasteiger partial charge in [-0.25, -0.2) is 4.79 Å². The van der Waals surface area contributed by atoms with Crippen LogP contribution in [-0.4, -0.2) is 10.9 Å². The monoisotopic (exact) mass is 297 g/mol. The highest BCUT2D eigenvalue weighted by Crippen LogP contribution is 2.22. The zero-order valence-corrected chi connectivity index (χ0v) is 12.3. The number of carbonyl (C=O) groups excluding carboxylic acids is 1. The lowest BCUT2D eigenvalue weighted by Crippen LogP contribution is -2.06. The summed E-state index contributed by atoms with van der Waals surface area (Å²) in [6.07, 6.45) is 2.74. The summed E-state index contributed by atoms with van der Waals surface area (Å²) >= 11 is 0. The summed E-state index contributed by atoms with van der Waals surface area (Å²) in [6.45, 7) is 3.72. The van der Waals surface area contributed by atoms with Gasteiger partial charge in [-0.2, -0.15) is 0 Å². The summed E-state index contributed by atoms with van der Waals surface area (Å²) in [6, 6.07) is 11.6. The van der Waals surface area contributed by atoms with Gasteiger partial charge in [-0.15, -0.1) is 0 Å². The minimum absolute atomic E-state index is 0.0229. The minimum Gasteiger partial charge on any atom is -0.423 e. The Bertz CT molecular complexity index is 730. The van der Waals surface area contributed by atoms with Crippen LogP contribution in [0.2, 0.25) is 0 Å². The van der Waals surface area contributed by atoms with Crippen molar-refractivity contribution in [3.05, 3.63) is 75.3 Å². The van der Waals surface area contributed by atoms with Crippen LogP contribution < -0.4 is 4.74 Å². The van der Waals surface area contributed by atoms with E-state index < -0.39 is 10.9 Å². The van der Waals surface area contributed by atoms with Crippen molar-refractivity contribution in [1.82, 2.24) is 0 Å². The standard InChI is InChI=1S/C17H15NO4/c1-12-5-3-6-13(2)17(12)22-16(19)10-9-14-7-4-8-15(11-14)18(20)21/h3-11H,1-2H3/b10-9+. The van der Waals surface area contributed by atoms with Crippen molar-refractivity contribution in [3.63, 3.8) is 0 Å². The molecule has 0 aliphatic heterocycles. The summed E-state index contributed by atoms with van der Waals surface area (Å²) in [5, 5.41) is 10.7. The van der Waals surface area contributed by atoms with Crippen LogP contribution in [-0.2, 0) is 4.79 Å². The number of benzene rings is 2. The molecule has 2 aromatic rings. The van der Waals surface area contributed by atoms with Gasteiger partial charge >= 0.3 is 5.97 Å². The van der Waals surface area contributed by atoms with Gasteiger partial charge in [-0.1, -0.05) is 30.3 Å². The predicted molar refractivity (Wildman–Crippen MR) is 83.7 cm³/mol. The van der Waals surface area contributed by atoms with E-state index in [4.69, 9.17) is 4.74 Å². The van der Waals surface area contributed by atoms with E-state index in [0.717, 1.165) is 11.1 Å². The summed E-state index contributed by atoms with van der Waals surface area (Å²) in [7, 11) is 0. The van der Waals surface area contributed by atoms with Gasteiger partial charge in [-0.05, 0) is 36.6 Å². The second kappa shape index (κ2) is 6.67. The highest BCUT2D eigenvalue weighted by atomic mass is 16.6. The van der Waals surface area contributed by atoms with E-state index >= 15 is 0 Å². The van der Waals surface area contributed by atoms with Crippen molar-refractivity contribution in [2.45, 2.75) is 13.8 Å². The fraction of sp³-hybridized carbons (Fsp3) is 0.118. The normalized spacial score (nSPS) is 10.6. The van der Waals surface area contributed by atoms with E-state index in [-0.39, 0.29) is 5.69 Å². The van der Waals surface area contributed by atoms with Gasteiger partial charge in [0.25, 0.3) is 5.69 Å². The molecule has 0 atom stereocenters. The maximum absolute atomic E-state index is 11.9. The lowest BCUT2D eigenvalue weighted by atomic mass is 10.1. The molecule has 0 aromatic heterocycles. The molecule has 0 spiro atoms. The number of non-ortho nitro benzene ring substituents is 1. The topological polar surface area (TPSA) is 69.4 Å². The zero-order valence-electron chi connectivity index (χ0n) is 12.3. The molecule has 0 aliphatic rings. The average molecular weight is 297 g/mol. The van der Waals surface area contributed by atoms with Crippen LogP contribution in [0.4, 0.5) is 5.69 Å². The second-order valence-electron chi connectivity index (χ2n) is 4.83. The van der Waals surface area contributed by atoms with E-state index in [0.29, 0.717) is 11.3 Å². The number of carbonyl (C=O) groups is 1. The van der Waals surface area contributed by atoms with Crippen molar-refractivity contribution < 1.29 is 14.5 Å². The first-order valence-corrected chi connectivity index (χ1v) is 6.68. The molecule has 22 heavy (non-hydrogen) atoms. The van der Waals surface area contributed by atoms with Gasteiger partial charge in [0.05, 0.1) is 4.92 Å². The molecule has 0 unspecified atom stereocenters. The molecule has 0 aliphatic carbocycles. The molecule has 5 nitrogen and oxygen atoms in total. The van der Waals surface area contributed by atoms with Crippen LogP contribution in [0.25, 0.3) is 6.08 Å². The number of nitro groups is 1. The highest BCUT2D eigenvalue weighted by Gasteiger charge is 2.08. The lowest BCUT2D eigenvalue weighted by Gasteiger charge is -2.08. The third-order valence-electron chi connectivity index (χ3n) is 3.10. The Morgan fingerprint density at radius 1 is 1.14 bits per heavy atom. The zero-order chi connectivity index (χ0) is 16.1. The van der Waals surface area contributed by atoms with Crippen molar-refractivity contribution in [2.75, 3.05) is 0 Å². The molecule has 0 saturated heterocycles. The second-order valence-corrected chi connectivity index (χ2v) is 4.83. The van der Waals surface area contributed by atoms with E-state index in [2.05, 4.69) is 0 Å². The molecule has 0 heterocycles. The predicted octanol–water partition coefficient (Wildman–Crippen LogP) is 3.83. The molecular weight excluding hydrogens is 282 g/mol. The van der Waals surface area contributed by atoms with E-state index in [9.17, 15) is 14.9 Å². The van der Waals surface area contributed by atoms with Crippen LogP contribution >= 0.6 is 0 Å². The third-order valence-corrected chi connectivity index (χ3v) is 3.10. The van der Waals surface area contributed by atoms with Crippen molar-refractivity contribution in [3.8, 4) is 5.75 Å². The fourth-order valence-corrected chi connectivity index (χ4v) is 2.00. The lowest BCUT2D eigenvalue weighted by molar-refractivity contribution is -0.384. The Hall–Kier alpha value is -2.95. The Balaban J connectivity index is 2.12. The molecule has 0 radical (unpaired) electrons. The number of ether oxygens (including phenoxy) is 1. The summed E-state index contributed by atoms with van der Waals surface area (Å²) in [5.41, 5.74) is 2.28. The summed E-state index contributed by atoms with van der Waals surface area (Å²) in [5.74, 6) is 0.0140. The third kappa shape index (κ3) is 3.79. The number of rotatable bonds is 4. The number of hydrogen-bond donors (Lipinski definition) is 0. The Morgan fingerprint density at radius 3 is 2.41 bits per heavy atom. The van der Waals surface area contributed by atoms with Crippen LogP contribution in [0.3, 0.4) is 0 Å². The fourth-order valence-electron chi connectivity index (χ4n) is 2.00. The molecule has 112 valence electrons. The molecule has 0 amide bonds. The molecule has 2 rings (SSSR count). The van der Waals surface area contributed by atoms with Crippen molar-refractivity contribution in [1.29, 1.82) is 0 Å². The van der Waals surface area contributed by atoms with Gasteiger partial charge in [-0.3, -0.25) is 10.1 Å². The maximum Gasteiger partial charge on any atom is 0.336 e. The first-order chi connectivity index (χ1) is 10.5. The SMILES string of the molecule is Cc1cccc(C)c1OC(=O)/C=C/c1cccc([N+](=O)[O-])c1.